The maximum Gasteiger partial charge on any atom is 0.273 e. The summed E-state index contributed by atoms with van der Waals surface area (Å²) in [5.41, 5.74) is 2.68. The summed E-state index contributed by atoms with van der Waals surface area (Å²) in [7, 11) is 1.50. The zero-order valence-corrected chi connectivity index (χ0v) is 16.2. The molecule has 0 aliphatic carbocycles. The number of nitro benzene ring substituents is 1. The van der Waals surface area contributed by atoms with E-state index in [1.54, 1.807) is 18.5 Å². The molecule has 0 unspecified atom stereocenters. The van der Waals surface area contributed by atoms with Crippen molar-refractivity contribution < 1.29 is 9.66 Å². The number of nitrogens with zero attached hydrogens (tertiary/aromatic N) is 4. The van der Waals surface area contributed by atoms with Gasteiger partial charge < -0.3 is 10.1 Å². The van der Waals surface area contributed by atoms with Gasteiger partial charge in [-0.1, -0.05) is 12.1 Å². The highest BCUT2D eigenvalue weighted by atomic mass is 16.6. The lowest BCUT2D eigenvalue weighted by atomic mass is 10.2. The third kappa shape index (κ3) is 5.98. The monoisotopic (exact) mass is 393 g/mol. The van der Waals surface area contributed by atoms with Gasteiger partial charge in [0.15, 0.2) is 0 Å². The number of benzene rings is 1. The lowest BCUT2D eigenvalue weighted by molar-refractivity contribution is -0.384. The van der Waals surface area contributed by atoms with Gasteiger partial charge in [0.25, 0.3) is 5.69 Å². The first-order valence-corrected chi connectivity index (χ1v) is 9.24. The lowest BCUT2D eigenvalue weighted by Gasteiger charge is -2.22. The minimum absolute atomic E-state index is 0.000620. The average molecular weight is 393 g/mol. The molecule has 1 aromatic carbocycles. The van der Waals surface area contributed by atoms with Gasteiger partial charge in [-0.2, -0.15) is 0 Å². The zero-order chi connectivity index (χ0) is 20.5. The van der Waals surface area contributed by atoms with Gasteiger partial charge >= 0.3 is 0 Å². The van der Waals surface area contributed by atoms with Gasteiger partial charge in [-0.3, -0.25) is 25.0 Å². The minimum Gasteiger partial charge on any atom is -0.494 e. The van der Waals surface area contributed by atoms with Crippen molar-refractivity contribution in [2.45, 2.75) is 13.1 Å². The van der Waals surface area contributed by atoms with Crippen molar-refractivity contribution in [1.82, 2.24) is 14.9 Å². The van der Waals surface area contributed by atoms with Gasteiger partial charge in [-0.15, -0.1) is 0 Å². The number of pyridine rings is 2. The van der Waals surface area contributed by atoms with Gasteiger partial charge in [0.2, 0.25) is 0 Å². The number of methoxy groups -OCH3 is 1. The van der Waals surface area contributed by atoms with Gasteiger partial charge in [0.05, 0.1) is 35.2 Å². The van der Waals surface area contributed by atoms with Crippen molar-refractivity contribution in [1.29, 1.82) is 0 Å². The summed E-state index contributed by atoms with van der Waals surface area (Å²) in [6.45, 7) is 2.74. The van der Waals surface area contributed by atoms with Crippen molar-refractivity contribution >= 4 is 11.4 Å². The minimum atomic E-state index is -0.437. The molecule has 0 aliphatic rings. The normalized spacial score (nSPS) is 10.7. The fourth-order valence-corrected chi connectivity index (χ4v) is 2.94. The Morgan fingerprint density at radius 3 is 2.21 bits per heavy atom. The van der Waals surface area contributed by atoms with E-state index in [4.69, 9.17) is 4.74 Å². The van der Waals surface area contributed by atoms with Crippen LogP contribution in [0.3, 0.4) is 0 Å². The smallest absolute Gasteiger partial charge is 0.273 e. The van der Waals surface area contributed by atoms with Crippen LogP contribution in [-0.2, 0) is 13.1 Å². The summed E-state index contributed by atoms with van der Waals surface area (Å²) in [5, 5.41) is 14.2. The molecule has 0 saturated carbocycles. The van der Waals surface area contributed by atoms with E-state index in [1.807, 2.05) is 36.4 Å². The molecule has 0 spiro atoms. The predicted octanol–water partition coefficient (Wildman–Crippen LogP) is 3.51. The topological polar surface area (TPSA) is 93.4 Å². The van der Waals surface area contributed by atoms with E-state index in [1.165, 1.54) is 19.2 Å². The van der Waals surface area contributed by atoms with E-state index in [2.05, 4.69) is 20.2 Å². The molecule has 2 aromatic heterocycles. The maximum absolute atomic E-state index is 10.9. The number of hydrogen-bond donors (Lipinski definition) is 1. The molecular weight excluding hydrogens is 370 g/mol. The highest BCUT2D eigenvalue weighted by Gasteiger charge is 2.12. The van der Waals surface area contributed by atoms with Crippen LogP contribution in [-0.4, -0.2) is 40.0 Å². The van der Waals surface area contributed by atoms with E-state index < -0.39 is 4.92 Å². The van der Waals surface area contributed by atoms with Crippen LogP contribution in [0.15, 0.2) is 67.0 Å². The Kier molecular flexibility index (Phi) is 7.07. The quantitative estimate of drug-likeness (QED) is 0.416. The molecule has 3 aromatic rings. The first-order chi connectivity index (χ1) is 14.2. The highest BCUT2D eigenvalue weighted by molar-refractivity contribution is 5.60. The molecule has 1 N–H and O–H groups in total. The summed E-state index contributed by atoms with van der Waals surface area (Å²) >= 11 is 0. The Bertz CT molecular complexity index is 881. The van der Waals surface area contributed by atoms with E-state index in [0.717, 1.165) is 17.9 Å². The number of hydrogen-bond acceptors (Lipinski definition) is 7. The number of anilines is 1. The number of non-ortho nitro benzene ring substituents is 1. The van der Waals surface area contributed by atoms with Crippen LogP contribution in [0.4, 0.5) is 11.4 Å². The van der Waals surface area contributed by atoms with Crippen molar-refractivity contribution in [3.05, 3.63) is 88.5 Å². The fraction of sp³-hybridized carbons (Fsp3) is 0.238. The molecule has 29 heavy (non-hydrogen) atoms. The molecule has 0 aliphatic heterocycles. The van der Waals surface area contributed by atoms with E-state index in [9.17, 15) is 10.1 Å². The van der Waals surface area contributed by atoms with Crippen molar-refractivity contribution in [2.24, 2.45) is 0 Å². The van der Waals surface area contributed by atoms with Crippen LogP contribution in [0.2, 0.25) is 0 Å². The van der Waals surface area contributed by atoms with Gasteiger partial charge in [-0.25, -0.2) is 0 Å². The lowest BCUT2D eigenvalue weighted by Crippen LogP contribution is -2.29. The van der Waals surface area contributed by atoms with E-state index in [0.29, 0.717) is 31.1 Å². The molecule has 3 rings (SSSR count). The van der Waals surface area contributed by atoms with Gasteiger partial charge in [0.1, 0.15) is 5.75 Å². The molecule has 8 heteroatoms. The van der Waals surface area contributed by atoms with Crippen LogP contribution >= 0.6 is 0 Å². The van der Waals surface area contributed by atoms with E-state index in [-0.39, 0.29) is 5.69 Å². The second-order valence-electron chi connectivity index (χ2n) is 6.42. The SMILES string of the molecule is COc1cc([N+](=O)[O-])ccc1NCCN(Cc1ccccn1)Cc1ccccn1. The second-order valence-corrected chi connectivity index (χ2v) is 6.42. The predicted molar refractivity (Wildman–Crippen MR) is 111 cm³/mol. The van der Waals surface area contributed by atoms with Crippen LogP contribution in [0.1, 0.15) is 11.4 Å². The van der Waals surface area contributed by atoms with Crippen LogP contribution < -0.4 is 10.1 Å². The van der Waals surface area contributed by atoms with Crippen molar-refractivity contribution in [3.63, 3.8) is 0 Å². The van der Waals surface area contributed by atoms with Crippen molar-refractivity contribution in [3.8, 4) is 5.75 Å². The maximum atomic E-state index is 10.9. The summed E-state index contributed by atoms with van der Waals surface area (Å²) in [6, 6.07) is 16.3. The third-order valence-corrected chi connectivity index (χ3v) is 4.36. The highest BCUT2D eigenvalue weighted by Crippen LogP contribution is 2.28. The molecule has 2 heterocycles. The Morgan fingerprint density at radius 1 is 1.03 bits per heavy atom. The van der Waals surface area contributed by atoms with Crippen LogP contribution in [0.25, 0.3) is 0 Å². The van der Waals surface area contributed by atoms with Crippen LogP contribution in [0.5, 0.6) is 5.75 Å². The summed E-state index contributed by atoms with van der Waals surface area (Å²) in [5.74, 6) is 0.445. The zero-order valence-electron chi connectivity index (χ0n) is 16.2. The molecule has 0 amide bonds. The molecule has 8 nitrogen and oxygen atoms in total. The van der Waals surface area contributed by atoms with E-state index >= 15 is 0 Å². The molecule has 0 radical (unpaired) electrons. The summed E-state index contributed by atoms with van der Waals surface area (Å²) < 4.78 is 5.28. The molecular formula is C21H23N5O3. The standard InChI is InChI=1S/C21H23N5O3/c1-29-21-14-19(26(27)28)8-9-20(21)24-12-13-25(15-17-6-2-4-10-22-17)16-18-7-3-5-11-23-18/h2-11,14,24H,12-13,15-16H2,1H3. The molecule has 0 fully saturated rings. The average Bonchev–Trinajstić information content (AvgIpc) is 2.75. The number of nitrogens with one attached hydrogen (secondary N) is 1. The molecule has 0 saturated heterocycles. The number of aromatic nitrogens is 2. The second kappa shape index (κ2) is 10.1. The van der Waals surface area contributed by atoms with Gasteiger partial charge in [-0.05, 0) is 30.3 Å². The molecule has 150 valence electrons. The van der Waals surface area contributed by atoms with Crippen LogP contribution in [0, 0.1) is 10.1 Å². The summed E-state index contributed by atoms with van der Waals surface area (Å²) in [6.07, 6.45) is 3.57. The summed E-state index contributed by atoms with van der Waals surface area (Å²) in [4.78, 5) is 21.6. The van der Waals surface area contributed by atoms with Crippen molar-refractivity contribution in [2.75, 3.05) is 25.5 Å². The Labute approximate surface area is 169 Å². The number of ether oxygens (including phenoxy) is 1. The Balaban J connectivity index is 1.65. The first-order valence-electron chi connectivity index (χ1n) is 9.24. The fourth-order valence-electron chi connectivity index (χ4n) is 2.94. The largest absolute Gasteiger partial charge is 0.494 e. The molecule has 0 atom stereocenters. The number of rotatable bonds is 10. The van der Waals surface area contributed by atoms with Gasteiger partial charge in [0, 0.05) is 44.6 Å². The first kappa shape index (κ1) is 20.2. The number of nitro groups is 1. The third-order valence-electron chi connectivity index (χ3n) is 4.36. The molecule has 0 bridgehead atoms. The Morgan fingerprint density at radius 2 is 1.69 bits per heavy atom. The Hall–Kier alpha value is -3.52.